The lowest BCUT2D eigenvalue weighted by Gasteiger charge is -2.40. The van der Waals surface area contributed by atoms with Crippen molar-refractivity contribution in [2.24, 2.45) is 4.99 Å². The molecule has 2 saturated heterocycles. The highest BCUT2D eigenvalue weighted by molar-refractivity contribution is 6.08. The van der Waals surface area contributed by atoms with Crippen LogP contribution in [-0.2, 0) is 17.6 Å². The number of urea groups is 1. The molecule has 2 unspecified atom stereocenters. The van der Waals surface area contributed by atoms with Gasteiger partial charge >= 0.3 is 6.03 Å². The van der Waals surface area contributed by atoms with Gasteiger partial charge < -0.3 is 14.7 Å². The molecular formula is C24H27N5O2. The van der Waals surface area contributed by atoms with Crippen LogP contribution in [0.15, 0.2) is 59.6 Å². The van der Waals surface area contributed by atoms with E-state index >= 15 is 0 Å². The van der Waals surface area contributed by atoms with E-state index in [1.54, 1.807) is 11.9 Å². The van der Waals surface area contributed by atoms with Crippen molar-refractivity contribution in [3.63, 3.8) is 0 Å². The summed E-state index contributed by atoms with van der Waals surface area (Å²) in [7, 11) is 1.74. The first-order chi connectivity index (χ1) is 15.1. The third kappa shape index (κ3) is 3.24. The van der Waals surface area contributed by atoms with Gasteiger partial charge in [0.25, 0.3) is 5.91 Å². The molecular weight excluding hydrogens is 390 g/mol. The number of aryl methyl sites for hydroxylation is 1. The first-order valence-electron chi connectivity index (χ1n) is 10.9. The SMILES string of the molecule is CCc1ccc(N2CCN3C2=NC2C3C(=O)N(CCc3ccccc3)C(=O)N2C)cc1. The number of rotatable bonds is 5. The number of benzene rings is 2. The van der Waals surface area contributed by atoms with Crippen molar-refractivity contribution in [1.29, 1.82) is 0 Å². The molecule has 2 fully saturated rings. The molecule has 160 valence electrons. The zero-order chi connectivity index (χ0) is 21.5. The van der Waals surface area contributed by atoms with Crippen LogP contribution in [0, 0.1) is 0 Å². The van der Waals surface area contributed by atoms with E-state index in [0.717, 1.165) is 36.7 Å². The molecule has 2 aromatic rings. The summed E-state index contributed by atoms with van der Waals surface area (Å²) in [4.78, 5) is 38.4. The first-order valence-corrected chi connectivity index (χ1v) is 10.9. The van der Waals surface area contributed by atoms with Gasteiger partial charge in [-0.25, -0.2) is 9.79 Å². The molecule has 5 rings (SSSR count). The zero-order valence-electron chi connectivity index (χ0n) is 17.9. The molecule has 0 N–H and O–H groups in total. The molecule has 0 saturated carbocycles. The van der Waals surface area contributed by atoms with Crippen LogP contribution in [-0.4, -0.2) is 71.5 Å². The summed E-state index contributed by atoms with van der Waals surface area (Å²) in [6.45, 7) is 4.01. The zero-order valence-corrected chi connectivity index (χ0v) is 17.9. The summed E-state index contributed by atoms with van der Waals surface area (Å²) in [5.41, 5.74) is 3.47. The van der Waals surface area contributed by atoms with E-state index in [4.69, 9.17) is 4.99 Å². The Hall–Kier alpha value is -3.35. The van der Waals surface area contributed by atoms with Gasteiger partial charge in [0.1, 0.15) is 0 Å². The number of nitrogens with zero attached hydrogens (tertiary/aromatic N) is 5. The Morgan fingerprint density at radius 2 is 1.71 bits per heavy atom. The quantitative estimate of drug-likeness (QED) is 0.750. The summed E-state index contributed by atoms with van der Waals surface area (Å²) in [5.74, 6) is 0.642. The van der Waals surface area contributed by atoms with Crippen LogP contribution >= 0.6 is 0 Å². The van der Waals surface area contributed by atoms with Gasteiger partial charge in [-0.2, -0.15) is 0 Å². The van der Waals surface area contributed by atoms with Crippen LogP contribution in [0.25, 0.3) is 0 Å². The predicted molar refractivity (Wildman–Crippen MR) is 120 cm³/mol. The van der Waals surface area contributed by atoms with Gasteiger partial charge in [0.2, 0.25) is 5.96 Å². The van der Waals surface area contributed by atoms with Crippen LogP contribution in [0.4, 0.5) is 10.5 Å². The van der Waals surface area contributed by atoms with Crippen molar-refractivity contribution < 1.29 is 9.59 Å². The molecule has 7 heteroatoms. The van der Waals surface area contributed by atoms with Crippen LogP contribution in [0.3, 0.4) is 0 Å². The normalized spacial score (nSPS) is 22.7. The molecule has 0 bridgehead atoms. The van der Waals surface area contributed by atoms with E-state index in [0.29, 0.717) is 13.0 Å². The van der Waals surface area contributed by atoms with Crippen LogP contribution in [0.5, 0.6) is 0 Å². The fourth-order valence-corrected chi connectivity index (χ4v) is 4.68. The number of carbonyl (C=O) groups is 2. The van der Waals surface area contributed by atoms with Crippen molar-refractivity contribution in [2.45, 2.75) is 32.0 Å². The van der Waals surface area contributed by atoms with Crippen molar-refractivity contribution in [2.75, 3.05) is 31.6 Å². The topological polar surface area (TPSA) is 59.5 Å². The van der Waals surface area contributed by atoms with E-state index in [2.05, 4.69) is 41.0 Å². The van der Waals surface area contributed by atoms with Crippen LogP contribution in [0.2, 0.25) is 0 Å². The summed E-state index contributed by atoms with van der Waals surface area (Å²) in [5, 5.41) is 0. The molecule has 3 heterocycles. The highest BCUT2D eigenvalue weighted by atomic mass is 16.2. The number of hydrogen-bond acceptors (Lipinski definition) is 5. The number of carbonyl (C=O) groups excluding carboxylic acids is 2. The second kappa shape index (κ2) is 7.72. The molecule has 3 amide bonds. The predicted octanol–water partition coefficient (Wildman–Crippen LogP) is 2.57. The highest BCUT2D eigenvalue weighted by Gasteiger charge is 2.54. The fraction of sp³-hybridized carbons (Fsp3) is 0.375. The molecule has 0 spiro atoms. The molecule has 7 nitrogen and oxygen atoms in total. The molecule has 0 aliphatic carbocycles. The van der Waals surface area contributed by atoms with Crippen molar-refractivity contribution in [1.82, 2.24) is 14.7 Å². The molecule has 2 aromatic carbocycles. The maximum Gasteiger partial charge on any atom is 0.328 e. The standard InChI is InChI=1S/C24H27N5O2/c1-3-17-9-11-19(12-10-17)27-15-16-28-20-21(25-23(27)28)26(2)24(31)29(22(20)30)14-13-18-7-5-4-6-8-18/h4-12,20-21H,3,13-16H2,1-2H3. The number of likely N-dealkylation sites (N-methyl/N-ethyl adjacent to an activating group) is 1. The number of guanidine groups is 1. The largest absolute Gasteiger partial charge is 0.328 e. The van der Waals surface area contributed by atoms with E-state index < -0.39 is 12.2 Å². The Morgan fingerprint density at radius 3 is 2.42 bits per heavy atom. The second-order valence-electron chi connectivity index (χ2n) is 8.27. The number of imide groups is 1. The van der Waals surface area contributed by atoms with Gasteiger partial charge in [-0.1, -0.05) is 49.4 Å². The Kier molecular flexibility index (Phi) is 4.88. The third-order valence-electron chi connectivity index (χ3n) is 6.50. The number of aliphatic imine (C=N–C) groups is 1. The van der Waals surface area contributed by atoms with Crippen LogP contribution < -0.4 is 4.90 Å². The Bertz CT molecular complexity index is 1020. The number of amides is 3. The second-order valence-corrected chi connectivity index (χ2v) is 8.27. The first kappa shape index (κ1) is 19.6. The van der Waals surface area contributed by atoms with E-state index in [9.17, 15) is 9.59 Å². The summed E-state index contributed by atoms with van der Waals surface area (Å²) < 4.78 is 0. The van der Waals surface area contributed by atoms with Gasteiger partial charge in [0.05, 0.1) is 0 Å². The summed E-state index contributed by atoms with van der Waals surface area (Å²) in [6.07, 6.45) is 1.17. The smallest absolute Gasteiger partial charge is 0.325 e. The average Bonchev–Trinajstić information content (AvgIpc) is 3.38. The lowest BCUT2D eigenvalue weighted by Crippen LogP contribution is -2.65. The van der Waals surface area contributed by atoms with Gasteiger partial charge in [-0.05, 0) is 36.1 Å². The number of hydrogen-bond donors (Lipinski definition) is 0. The van der Waals surface area contributed by atoms with Gasteiger partial charge in [0.15, 0.2) is 12.2 Å². The number of anilines is 1. The molecule has 0 radical (unpaired) electrons. The molecule has 2 atom stereocenters. The molecule has 3 aliphatic heterocycles. The van der Waals surface area contributed by atoms with Crippen molar-refractivity contribution in [3.8, 4) is 0 Å². The average molecular weight is 418 g/mol. The molecule has 3 aliphatic rings. The Balaban J connectivity index is 1.37. The Labute approximate surface area is 182 Å². The fourth-order valence-electron chi connectivity index (χ4n) is 4.68. The Morgan fingerprint density at radius 1 is 0.968 bits per heavy atom. The van der Waals surface area contributed by atoms with E-state index in [1.165, 1.54) is 10.5 Å². The van der Waals surface area contributed by atoms with E-state index in [1.807, 2.05) is 30.3 Å². The summed E-state index contributed by atoms with van der Waals surface area (Å²) in [6, 6.07) is 17.7. The van der Waals surface area contributed by atoms with Crippen molar-refractivity contribution >= 4 is 23.6 Å². The van der Waals surface area contributed by atoms with Crippen molar-refractivity contribution in [3.05, 3.63) is 65.7 Å². The van der Waals surface area contributed by atoms with Gasteiger partial charge in [-0.15, -0.1) is 0 Å². The highest BCUT2D eigenvalue weighted by Crippen LogP contribution is 2.33. The number of fused-ring (bicyclic) bond motifs is 3. The maximum absolute atomic E-state index is 13.4. The monoisotopic (exact) mass is 417 g/mol. The molecule has 31 heavy (non-hydrogen) atoms. The lowest BCUT2D eigenvalue weighted by atomic mass is 10.1. The lowest BCUT2D eigenvalue weighted by molar-refractivity contribution is -0.137. The molecule has 0 aromatic heterocycles. The van der Waals surface area contributed by atoms with E-state index in [-0.39, 0.29) is 11.9 Å². The summed E-state index contributed by atoms with van der Waals surface area (Å²) >= 11 is 0. The minimum Gasteiger partial charge on any atom is -0.325 e. The minimum atomic E-state index is -0.472. The van der Waals surface area contributed by atoms with Crippen LogP contribution in [0.1, 0.15) is 18.1 Å². The minimum absolute atomic E-state index is 0.147. The third-order valence-corrected chi connectivity index (χ3v) is 6.50. The van der Waals surface area contributed by atoms with Gasteiger partial charge in [0, 0.05) is 32.4 Å². The maximum atomic E-state index is 13.4. The van der Waals surface area contributed by atoms with Gasteiger partial charge in [-0.3, -0.25) is 9.69 Å².